The highest BCUT2D eigenvalue weighted by atomic mass is 32.1. The fraction of sp³-hybridized carbons (Fsp3) is 0.643. The van der Waals surface area contributed by atoms with Gasteiger partial charge >= 0.3 is 0 Å². The van der Waals surface area contributed by atoms with Gasteiger partial charge in [-0.25, -0.2) is 0 Å². The van der Waals surface area contributed by atoms with Crippen molar-refractivity contribution >= 4 is 17.2 Å². The SMILES string of the molecule is CC1CCC(CN)(C(=O)NCc2cccs2)CC1. The van der Waals surface area contributed by atoms with Crippen LogP contribution < -0.4 is 11.1 Å². The van der Waals surface area contributed by atoms with Crippen LogP contribution in [0.25, 0.3) is 0 Å². The van der Waals surface area contributed by atoms with Crippen LogP contribution in [-0.2, 0) is 11.3 Å². The van der Waals surface area contributed by atoms with Crippen molar-refractivity contribution < 1.29 is 4.79 Å². The molecule has 0 spiro atoms. The molecule has 1 aromatic rings. The Hall–Kier alpha value is -0.870. The van der Waals surface area contributed by atoms with E-state index in [1.54, 1.807) is 11.3 Å². The van der Waals surface area contributed by atoms with Crippen LogP contribution in [0.5, 0.6) is 0 Å². The van der Waals surface area contributed by atoms with E-state index in [9.17, 15) is 4.79 Å². The van der Waals surface area contributed by atoms with Crippen LogP contribution >= 0.6 is 11.3 Å². The summed E-state index contributed by atoms with van der Waals surface area (Å²) in [6.07, 6.45) is 4.09. The number of carbonyl (C=O) groups excluding carboxylic acids is 1. The second-order valence-corrected chi connectivity index (χ2v) is 6.46. The molecular formula is C14H22N2OS. The lowest BCUT2D eigenvalue weighted by Gasteiger charge is -2.37. The van der Waals surface area contributed by atoms with Gasteiger partial charge < -0.3 is 11.1 Å². The van der Waals surface area contributed by atoms with Crippen molar-refractivity contribution in [3.63, 3.8) is 0 Å². The molecule has 100 valence electrons. The third-order valence-corrected chi connectivity index (χ3v) is 4.98. The van der Waals surface area contributed by atoms with E-state index in [1.165, 1.54) is 4.88 Å². The monoisotopic (exact) mass is 266 g/mol. The maximum atomic E-state index is 12.4. The number of thiophene rings is 1. The molecule has 0 aromatic carbocycles. The van der Waals surface area contributed by atoms with Gasteiger partial charge in [-0.3, -0.25) is 4.79 Å². The Morgan fingerprint density at radius 1 is 1.56 bits per heavy atom. The van der Waals surface area contributed by atoms with Crippen LogP contribution in [0.15, 0.2) is 17.5 Å². The summed E-state index contributed by atoms with van der Waals surface area (Å²) in [6, 6.07) is 4.05. The Morgan fingerprint density at radius 2 is 2.28 bits per heavy atom. The number of nitrogens with one attached hydrogen (secondary N) is 1. The van der Waals surface area contributed by atoms with Crippen LogP contribution in [0.2, 0.25) is 0 Å². The van der Waals surface area contributed by atoms with Gasteiger partial charge in [0.05, 0.1) is 12.0 Å². The van der Waals surface area contributed by atoms with E-state index >= 15 is 0 Å². The highest BCUT2D eigenvalue weighted by molar-refractivity contribution is 7.09. The minimum Gasteiger partial charge on any atom is -0.351 e. The van der Waals surface area contributed by atoms with Gasteiger partial charge in [-0.2, -0.15) is 0 Å². The second-order valence-electron chi connectivity index (χ2n) is 5.43. The molecular weight excluding hydrogens is 244 g/mol. The standard InChI is InChI=1S/C14H22N2OS/c1-11-4-6-14(10-15,7-5-11)13(17)16-9-12-3-2-8-18-12/h2-3,8,11H,4-7,9-10,15H2,1H3,(H,16,17). The molecule has 1 aromatic heterocycles. The van der Waals surface area contributed by atoms with E-state index in [-0.39, 0.29) is 11.3 Å². The Kier molecular flexibility index (Phi) is 4.40. The smallest absolute Gasteiger partial charge is 0.227 e. The molecule has 2 rings (SSSR count). The highest BCUT2D eigenvalue weighted by Gasteiger charge is 2.39. The number of rotatable bonds is 4. The Balaban J connectivity index is 1.93. The van der Waals surface area contributed by atoms with E-state index in [2.05, 4.69) is 12.2 Å². The normalized spacial score (nSPS) is 28.0. The Bertz CT molecular complexity index is 381. The average molecular weight is 266 g/mol. The van der Waals surface area contributed by atoms with Crippen molar-refractivity contribution in [1.29, 1.82) is 0 Å². The van der Waals surface area contributed by atoms with Gasteiger partial charge in [0.15, 0.2) is 0 Å². The third-order valence-electron chi connectivity index (χ3n) is 4.11. The maximum absolute atomic E-state index is 12.4. The van der Waals surface area contributed by atoms with Crippen LogP contribution in [0.1, 0.15) is 37.5 Å². The zero-order valence-corrected chi connectivity index (χ0v) is 11.8. The van der Waals surface area contributed by atoms with Gasteiger partial charge in [0.2, 0.25) is 5.91 Å². The summed E-state index contributed by atoms with van der Waals surface area (Å²) >= 11 is 1.67. The zero-order valence-electron chi connectivity index (χ0n) is 10.9. The molecule has 1 fully saturated rings. The molecule has 3 N–H and O–H groups in total. The molecule has 3 nitrogen and oxygen atoms in total. The van der Waals surface area contributed by atoms with Crippen molar-refractivity contribution in [1.82, 2.24) is 5.32 Å². The van der Waals surface area contributed by atoms with Crippen molar-refractivity contribution in [3.05, 3.63) is 22.4 Å². The first-order valence-corrected chi connectivity index (χ1v) is 7.55. The molecule has 4 heteroatoms. The van der Waals surface area contributed by atoms with Crippen LogP contribution in [0, 0.1) is 11.3 Å². The number of hydrogen-bond donors (Lipinski definition) is 2. The summed E-state index contributed by atoms with van der Waals surface area (Å²) in [7, 11) is 0. The lowest BCUT2D eigenvalue weighted by Crippen LogP contribution is -2.47. The van der Waals surface area contributed by atoms with Gasteiger partial charge in [0.1, 0.15) is 0 Å². The maximum Gasteiger partial charge on any atom is 0.227 e. The first kappa shape index (κ1) is 13.6. The molecule has 0 radical (unpaired) electrons. The fourth-order valence-electron chi connectivity index (χ4n) is 2.61. The zero-order chi connectivity index (χ0) is 13.0. The molecule has 1 aliphatic carbocycles. The van der Waals surface area contributed by atoms with Crippen LogP contribution in [0.4, 0.5) is 0 Å². The molecule has 1 amide bonds. The van der Waals surface area contributed by atoms with Crippen molar-refractivity contribution in [2.75, 3.05) is 6.54 Å². The van der Waals surface area contributed by atoms with Crippen LogP contribution in [-0.4, -0.2) is 12.5 Å². The molecule has 0 saturated heterocycles. The summed E-state index contributed by atoms with van der Waals surface area (Å²) in [5, 5.41) is 5.08. The summed E-state index contributed by atoms with van der Waals surface area (Å²) in [6.45, 7) is 3.35. The first-order valence-electron chi connectivity index (χ1n) is 6.67. The molecule has 0 atom stereocenters. The largest absolute Gasteiger partial charge is 0.351 e. The molecule has 1 heterocycles. The summed E-state index contributed by atoms with van der Waals surface area (Å²) in [4.78, 5) is 13.6. The minimum absolute atomic E-state index is 0.144. The number of carbonyl (C=O) groups is 1. The molecule has 1 saturated carbocycles. The predicted octanol–water partition coefficient (Wildman–Crippen LogP) is 2.52. The van der Waals surface area contributed by atoms with Gasteiger partial charge in [-0.05, 0) is 43.0 Å². The van der Waals surface area contributed by atoms with Gasteiger partial charge in [0.25, 0.3) is 0 Å². The number of nitrogens with two attached hydrogens (primary N) is 1. The molecule has 0 unspecified atom stereocenters. The van der Waals surface area contributed by atoms with Crippen molar-refractivity contribution in [2.45, 2.75) is 39.2 Å². The van der Waals surface area contributed by atoms with E-state index in [0.29, 0.717) is 13.1 Å². The van der Waals surface area contributed by atoms with Gasteiger partial charge in [0, 0.05) is 11.4 Å². The second kappa shape index (κ2) is 5.85. The Morgan fingerprint density at radius 3 is 2.83 bits per heavy atom. The van der Waals surface area contributed by atoms with Crippen LogP contribution in [0.3, 0.4) is 0 Å². The summed E-state index contributed by atoms with van der Waals surface area (Å²) < 4.78 is 0. The molecule has 1 aliphatic rings. The van der Waals surface area contributed by atoms with E-state index in [1.807, 2.05) is 17.5 Å². The molecule has 0 aliphatic heterocycles. The lowest BCUT2D eigenvalue weighted by molar-refractivity contribution is -0.133. The third kappa shape index (κ3) is 2.93. The quantitative estimate of drug-likeness (QED) is 0.880. The lowest BCUT2D eigenvalue weighted by atomic mass is 9.70. The number of hydrogen-bond acceptors (Lipinski definition) is 3. The van der Waals surface area contributed by atoms with Gasteiger partial charge in [-0.1, -0.05) is 13.0 Å². The average Bonchev–Trinajstić information content (AvgIpc) is 2.90. The predicted molar refractivity (Wildman–Crippen MR) is 75.3 cm³/mol. The van der Waals surface area contributed by atoms with Crippen molar-refractivity contribution in [3.8, 4) is 0 Å². The van der Waals surface area contributed by atoms with Gasteiger partial charge in [-0.15, -0.1) is 11.3 Å². The van der Waals surface area contributed by atoms with E-state index < -0.39 is 0 Å². The first-order chi connectivity index (χ1) is 8.66. The van der Waals surface area contributed by atoms with E-state index in [4.69, 9.17) is 5.73 Å². The molecule has 18 heavy (non-hydrogen) atoms. The highest BCUT2D eigenvalue weighted by Crippen LogP contribution is 2.38. The topological polar surface area (TPSA) is 55.1 Å². The van der Waals surface area contributed by atoms with E-state index in [0.717, 1.165) is 31.6 Å². The summed E-state index contributed by atoms with van der Waals surface area (Å²) in [5.74, 6) is 0.875. The number of amides is 1. The summed E-state index contributed by atoms with van der Waals surface area (Å²) in [5.41, 5.74) is 5.56. The van der Waals surface area contributed by atoms with Crippen molar-refractivity contribution in [2.24, 2.45) is 17.1 Å². The minimum atomic E-state index is -0.316. The molecule has 0 bridgehead atoms. The fourth-order valence-corrected chi connectivity index (χ4v) is 3.25. The Labute approximate surface area is 113 Å².